The van der Waals surface area contributed by atoms with E-state index in [1.807, 2.05) is 48.5 Å². The van der Waals surface area contributed by atoms with Crippen molar-refractivity contribution >= 4 is 28.0 Å². The number of rotatable bonds is 8. The van der Waals surface area contributed by atoms with Crippen molar-refractivity contribution in [2.75, 3.05) is 18.0 Å². The molecule has 0 aliphatic heterocycles. The quantitative estimate of drug-likeness (QED) is 0.279. The third kappa shape index (κ3) is 6.26. The number of pyridine rings is 1. The Morgan fingerprint density at radius 3 is 2.32 bits per heavy atom. The van der Waals surface area contributed by atoms with Gasteiger partial charge in [0.2, 0.25) is 5.13 Å². The van der Waals surface area contributed by atoms with Crippen molar-refractivity contribution < 1.29 is 21.5 Å². The maximum Gasteiger partial charge on any atom is 0.249 e. The van der Waals surface area contributed by atoms with Crippen molar-refractivity contribution in [3.05, 3.63) is 85.2 Å². The monoisotopic (exact) mass is 494 g/mol. The number of halogens is 1. The van der Waals surface area contributed by atoms with Crippen LogP contribution in [-0.4, -0.2) is 22.4 Å². The van der Waals surface area contributed by atoms with Gasteiger partial charge < -0.3 is 21.9 Å². The number of hydrogen-bond acceptors (Lipinski definition) is 6. The van der Waals surface area contributed by atoms with Crippen LogP contribution < -0.4 is 26.4 Å². The highest BCUT2D eigenvalue weighted by Crippen LogP contribution is 2.25. The van der Waals surface area contributed by atoms with Crippen LogP contribution in [0.2, 0.25) is 0 Å². The molecule has 0 spiro atoms. The predicted molar refractivity (Wildman–Crippen MR) is 120 cm³/mol. The zero-order valence-electron chi connectivity index (χ0n) is 17.2. The fraction of sp³-hybridized carbons (Fsp3) is 0.174. The molecule has 4 rings (SSSR count). The minimum atomic E-state index is 0. The molecule has 0 unspecified atom stereocenters. The van der Waals surface area contributed by atoms with Crippen molar-refractivity contribution in [1.82, 2.24) is 9.36 Å². The first kappa shape index (κ1) is 22.7. The molecule has 0 saturated heterocycles. The van der Waals surface area contributed by atoms with Crippen molar-refractivity contribution in [1.29, 1.82) is 0 Å². The van der Waals surface area contributed by atoms with E-state index in [-0.39, 0.29) is 17.0 Å². The topological polar surface area (TPSA) is 57.6 Å². The van der Waals surface area contributed by atoms with Crippen LogP contribution in [0.3, 0.4) is 0 Å². The number of likely N-dealkylation sites (N-methyl/N-ethyl adjacent to an activating group) is 1. The summed E-state index contributed by atoms with van der Waals surface area (Å²) in [6.07, 6.45) is 4.18. The summed E-state index contributed by atoms with van der Waals surface area (Å²) in [5.74, 6) is 0.680. The van der Waals surface area contributed by atoms with Crippen molar-refractivity contribution in [3.8, 4) is 11.4 Å². The zero-order chi connectivity index (χ0) is 20.6. The number of benzene rings is 2. The second-order valence-electron chi connectivity index (χ2n) is 6.68. The molecule has 6 nitrogen and oxygen atoms in total. The molecule has 0 fully saturated rings. The van der Waals surface area contributed by atoms with E-state index in [0.29, 0.717) is 11.0 Å². The van der Waals surface area contributed by atoms with Crippen LogP contribution in [0.1, 0.15) is 6.92 Å². The fourth-order valence-electron chi connectivity index (χ4n) is 3.08. The summed E-state index contributed by atoms with van der Waals surface area (Å²) < 4.78 is 6.55. The summed E-state index contributed by atoms with van der Waals surface area (Å²) in [4.78, 5) is 6.79. The first-order chi connectivity index (χ1) is 14.8. The molecule has 0 bridgehead atoms. The van der Waals surface area contributed by atoms with E-state index in [1.54, 1.807) is 0 Å². The lowest BCUT2D eigenvalue weighted by Crippen LogP contribution is -3.00. The van der Waals surface area contributed by atoms with E-state index in [0.717, 1.165) is 30.9 Å². The lowest BCUT2D eigenvalue weighted by molar-refractivity contribution is -0.694. The Labute approximate surface area is 196 Å². The van der Waals surface area contributed by atoms with Gasteiger partial charge in [0.15, 0.2) is 24.8 Å². The average molecular weight is 495 g/mol. The van der Waals surface area contributed by atoms with E-state index in [1.165, 1.54) is 17.2 Å². The third-order valence-electron chi connectivity index (χ3n) is 4.70. The molecular formula is C23H23BrN6S. The maximum absolute atomic E-state index is 4.44. The molecule has 0 N–H and O–H groups in total. The van der Waals surface area contributed by atoms with Gasteiger partial charge in [0, 0.05) is 41.5 Å². The number of aromatic nitrogens is 3. The van der Waals surface area contributed by atoms with Gasteiger partial charge in [0.25, 0.3) is 0 Å². The normalized spacial score (nSPS) is 10.7. The zero-order valence-corrected chi connectivity index (χ0v) is 19.6. The summed E-state index contributed by atoms with van der Waals surface area (Å²) in [6, 6.07) is 24.2. The predicted octanol–water partition coefficient (Wildman–Crippen LogP) is 2.44. The van der Waals surface area contributed by atoms with Crippen LogP contribution in [0.25, 0.3) is 11.4 Å². The van der Waals surface area contributed by atoms with Gasteiger partial charge in [-0.05, 0) is 31.2 Å². The molecule has 4 aromatic rings. The fourth-order valence-corrected chi connectivity index (χ4v) is 3.60. The summed E-state index contributed by atoms with van der Waals surface area (Å²) in [7, 11) is 0. The third-order valence-corrected chi connectivity index (χ3v) is 5.30. The van der Waals surface area contributed by atoms with Crippen LogP contribution in [0.15, 0.2) is 95.4 Å². The summed E-state index contributed by atoms with van der Waals surface area (Å²) in [5.41, 5.74) is 2.95. The van der Waals surface area contributed by atoms with Crippen LogP contribution in [0.5, 0.6) is 0 Å². The van der Waals surface area contributed by atoms with Crippen LogP contribution in [0, 0.1) is 0 Å². The smallest absolute Gasteiger partial charge is 0.249 e. The number of hydrogen-bond donors (Lipinski definition) is 0. The molecule has 2 heterocycles. The van der Waals surface area contributed by atoms with E-state index in [2.05, 4.69) is 72.6 Å². The van der Waals surface area contributed by atoms with E-state index in [9.17, 15) is 0 Å². The van der Waals surface area contributed by atoms with E-state index in [4.69, 9.17) is 0 Å². The Hall–Kier alpha value is -2.97. The Bertz CT molecular complexity index is 1080. The first-order valence-electron chi connectivity index (χ1n) is 9.92. The van der Waals surface area contributed by atoms with Crippen LogP contribution in [-0.2, 0) is 6.54 Å². The lowest BCUT2D eigenvalue weighted by Gasteiger charge is -2.21. The largest absolute Gasteiger partial charge is 1.00 e. The van der Waals surface area contributed by atoms with Gasteiger partial charge in [-0.25, -0.2) is 4.57 Å². The molecule has 31 heavy (non-hydrogen) atoms. The van der Waals surface area contributed by atoms with Gasteiger partial charge in [-0.1, -0.05) is 36.4 Å². The molecule has 0 saturated carbocycles. The standard InChI is InChI=1S/C23H23N6S.BrH/c1-2-29(18-17-28-15-7-4-8-16-28)21-13-11-20(12-14-21)25-26-23-24-22(27-30-23)19-9-5-3-6-10-19;/h3-16H,2,17-18H2,1H3;1H/q+1;/p-1/b26-25+;. The van der Waals surface area contributed by atoms with Gasteiger partial charge in [0.1, 0.15) is 0 Å². The number of anilines is 1. The van der Waals surface area contributed by atoms with Crippen molar-refractivity contribution in [3.63, 3.8) is 0 Å². The Morgan fingerprint density at radius 1 is 0.903 bits per heavy atom. The highest BCUT2D eigenvalue weighted by Gasteiger charge is 2.08. The number of nitrogens with zero attached hydrogens (tertiary/aromatic N) is 6. The molecule has 2 aromatic heterocycles. The van der Waals surface area contributed by atoms with Crippen molar-refractivity contribution in [2.24, 2.45) is 10.2 Å². The summed E-state index contributed by atoms with van der Waals surface area (Å²) >= 11 is 1.25. The first-order valence-corrected chi connectivity index (χ1v) is 10.7. The van der Waals surface area contributed by atoms with Crippen LogP contribution in [0.4, 0.5) is 16.5 Å². The molecule has 2 aromatic carbocycles. The summed E-state index contributed by atoms with van der Waals surface area (Å²) in [6.45, 7) is 5.00. The maximum atomic E-state index is 4.44. The minimum Gasteiger partial charge on any atom is -1.00 e. The van der Waals surface area contributed by atoms with Gasteiger partial charge in [-0.15, -0.1) is 10.2 Å². The Morgan fingerprint density at radius 2 is 1.61 bits per heavy atom. The number of azo groups is 1. The summed E-state index contributed by atoms with van der Waals surface area (Å²) in [5, 5.41) is 9.11. The van der Waals surface area contributed by atoms with E-state index >= 15 is 0 Å². The lowest BCUT2D eigenvalue weighted by atomic mass is 10.2. The molecule has 0 aliphatic carbocycles. The molecule has 0 aliphatic rings. The average Bonchev–Trinajstić information content (AvgIpc) is 3.29. The SMILES string of the molecule is CCN(CC[n+]1ccccc1)c1ccc(/N=N/c2nc(-c3ccccc3)ns2)cc1.[Br-]. The molecule has 0 radical (unpaired) electrons. The molecule has 158 valence electrons. The molecule has 0 amide bonds. The van der Waals surface area contributed by atoms with Gasteiger partial charge in [0.05, 0.1) is 12.2 Å². The minimum absolute atomic E-state index is 0. The molecule has 0 atom stereocenters. The molecule has 8 heteroatoms. The van der Waals surface area contributed by atoms with Crippen molar-refractivity contribution in [2.45, 2.75) is 13.5 Å². The Balaban J connectivity index is 0.00000272. The van der Waals surface area contributed by atoms with Gasteiger partial charge in [-0.2, -0.15) is 9.36 Å². The molecular weight excluding hydrogens is 472 g/mol. The second-order valence-corrected chi connectivity index (χ2v) is 7.41. The van der Waals surface area contributed by atoms with Gasteiger partial charge >= 0.3 is 0 Å². The second kappa shape index (κ2) is 11.4. The highest BCUT2D eigenvalue weighted by molar-refractivity contribution is 7.09. The van der Waals surface area contributed by atoms with Crippen LogP contribution >= 0.6 is 11.5 Å². The highest BCUT2D eigenvalue weighted by atomic mass is 79.9. The van der Waals surface area contributed by atoms with E-state index < -0.39 is 0 Å². The van der Waals surface area contributed by atoms with Gasteiger partial charge in [-0.3, -0.25) is 0 Å². The Kier molecular flexibility index (Phi) is 8.37.